The van der Waals surface area contributed by atoms with E-state index < -0.39 is 0 Å². The summed E-state index contributed by atoms with van der Waals surface area (Å²) >= 11 is 0. The summed E-state index contributed by atoms with van der Waals surface area (Å²) in [6, 6.07) is 73.0. The van der Waals surface area contributed by atoms with Gasteiger partial charge in [0.2, 0.25) is 0 Å². The van der Waals surface area contributed by atoms with Crippen molar-refractivity contribution in [2.45, 2.75) is 156 Å². The second-order valence-corrected chi connectivity index (χ2v) is 29.3. The maximum absolute atomic E-state index is 2.74. The summed E-state index contributed by atoms with van der Waals surface area (Å²) in [5.41, 5.74) is 29.2. The Kier molecular flexibility index (Phi) is 12.3. The summed E-state index contributed by atoms with van der Waals surface area (Å²) < 4.78 is 0. The summed E-state index contributed by atoms with van der Waals surface area (Å²) in [5, 5.41) is 0. The van der Waals surface area contributed by atoms with E-state index in [1.165, 1.54) is 118 Å². The lowest BCUT2D eigenvalue weighted by molar-refractivity contribution is 0.332. The van der Waals surface area contributed by atoms with Gasteiger partial charge in [-0.25, -0.2) is 0 Å². The SMILES string of the molecule is Cc1ccc(C(C)(C)C)cc1N1c2cc(-c3ccccc3)ccc2B2c3cc4c(cc3N(c3ccc(C(C)(C)C)cc3-c3ccc5c(c3)C(C)(C)CCC5(C)C)c3cc(N(c5ccccc5)c5ccccc5)cc1c32)C(C)(C)CC4(C)C. The molecule has 0 radical (unpaired) electrons. The highest BCUT2D eigenvalue weighted by Crippen LogP contribution is 2.56. The Morgan fingerprint density at radius 2 is 0.890 bits per heavy atom. The number of hydrogen-bond donors (Lipinski definition) is 0. The minimum absolute atomic E-state index is 0.0219. The summed E-state index contributed by atoms with van der Waals surface area (Å²) in [6.45, 7) is 36.1. The molecule has 0 amide bonds. The van der Waals surface area contributed by atoms with Gasteiger partial charge in [-0.3, -0.25) is 0 Å². The lowest BCUT2D eigenvalue weighted by Gasteiger charge is -2.46. The van der Waals surface area contributed by atoms with Crippen molar-refractivity contribution in [3.63, 3.8) is 0 Å². The molecule has 4 aliphatic rings. The summed E-state index contributed by atoms with van der Waals surface area (Å²) in [6.07, 6.45) is 3.42. The first-order valence-corrected chi connectivity index (χ1v) is 30.3. The highest BCUT2D eigenvalue weighted by atomic mass is 15.2. The van der Waals surface area contributed by atoms with Crippen LogP contribution < -0.4 is 31.1 Å². The van der Waals surface area contributed by atoms with Crippen LogP contribution >= 0.6 is 0 Å². The summed E-state index contributed by atoms with van der Waals surface area (Å²) in [4.78, 5) is 7.89. The van der Waals surface area contributed by atoms with Crippen molar-refractivity contribution in [3.8, 4) is 22.3 Å². The van der Waals surface area contributed by atoms with E-state index >= 15 is 0 Å². The molecule has 3 nitrogen and oxygen atoms in total. The molecule has 2 aliphatic heterocycles. The topological polar surface area (TPSA) is 9.72 Å². The maximum Gasteiger partial charge on any atom is 0.252 e. The van der Waals surface area contributed by atoms with Crippen LogP contribution in [0, 0.1) is 6.92 Å². The van der Waals surface area contributed by atoms with E-state index in [0.717, 1.165) is 29.9 Å². The zero-order chi connectivity index (χ0) is 57.6. The van der Waals surface area contributed by atoms with E-state index in [9.17, 15) is 0 Å². The number of benzene rings is 9. The van der Waals surface area contributed by atoms with E-state index in [1.54, 1.807) is 0 Å². The first kappa shape index (κ1) is 53.7. The van der Waals surface area contributed by atoms with Crippen molar-refractivity contribution in [3.05, 3.63) is 227 Å². The zero-order valence-electron chi connectivity index (χ0n) is 51.4. The average Bonchev–Trinajstić information content (AvgIpc) is 3.41. The molecule has 13 rings (SSSR count). The summed E-state index contributed by atoms with van der Waals surface area (Å²) in [7, 11) is 0. The highest BCUT2D eigenvalue weighted by molar-refractivity contribution is 7.00. The van der Waals surface area contributed by atoms with Crippen LogP contribution in [0.1, 0.15) is 155 Å². The van der Waals surface area contributed by atoms with E-state index in [-0.39, 0.29) is 39.2 Å². The van der Waals surface area contributed by atoms with Crippen molar-refractivity contribution < 1.29 is 0 Å². The van der Waals surface area contributed by atoms with Gasteiger partial charge in [-0.1, -0.05) is 218 Å². The van der Waals surface area contributed by atoms with Gasteiger partial charge in [-0.15, -0.1) is 0 Å². The van der Waals surface area contributed by atoms with Gasteiger partial charge in [-0.2, -0.15) is 0 Å². The van der Waals surface area contributed by atoms with Gasteiger partial charge < -0.3 is 14.7 Å². The van der Waals surface area contributed by atoms with Gasteiger partial charge in [0.25, 0.3) is 6.71 Å². The molecule has 412 valence electrons. The predicted molar refractivity (Wildman–Crippen MR) is 354 cm³/mol. The Balaban J connectivity index is 1.21. The van der Waals surface area contributed by atoms with E-state index in [4.69, 9.17) is 0 Å². The fraction of sp³-hybridized carbons (Fsp3) is 0.308. The van der Waals surface area contributed by atoms with Crippen LogP contribution in [0.4, 0.5) is 51.2 Å². The minimum Gasteiger partial charge on any atom is -0.311 e. The van der Waals surface area contributed by atoms with Crippen molar-refractivity contribution in [2.24, 2.45) is 0 Å². The number of rotatable bonds is 7. The molecule has 0 aromatic heterocycles. The molecule has 82 heavy (non-hydrogen) atoms. The van der Waals surface area contributed by atoms with Crippen LogP contribution in [0.15, 0.2) is 188 Å². The standard InChI is InChI=1S/C78H82BN3/c1-50-31-34-55(74(5,6)7)44-67(50)82-68-42-52(51-25-19-16-20-26-51)33-37-64(68)79-65-47-62-63(78(14,15)49-77(62,12)13)48-69(65)81(70-45-58(46-71(82)72(70)79)80(56-27-21-17-22-28-56)57-29-23-18-24-30-57)66-38-35-54(73(2,3)4)43-59(66)53-32-36-60-61(41-53)76(10,11)40-39-75(60,8)9/h16-38,41-48H,39-40,49H2,1-15H3. The van der Waals surface area contributed by atoms with Crippen molar-refractivity contribution in [1.82, 2.24) is 0 Å². The largest absolute Gasteiger partial charge is 0.311 e. The minimum atomic E-state index is -0.0860. The van der Waals surface area contributed by atoms with Gasteiger partial charge in [0.1, 0.15) is 0 Å². The molecule has 9 aromatic rings. The second kappa shape index (κ2) is 18.7. The lowest BCUT2D eigenvalue weighted by atomic mass is 9.33. The van der Waals surface area contributed by atoms with Gasteiger partial charge in [0.05, 0.1) is 11.4 Å². The third-order valence-corrected chi connectivity index (χ3v) is 19.5. The Hall–Kier alpha value is -7.56. The van der Waals surface area contributed by atoms with E-state index in [1.807, 2.05) is 0 Å². The second-order valence-electron chi connectivity index (χ2n) is 29.3. The van der Waals surface area contributed by atoms with Crippen LogP contribution in [-0.4, -0.2) is 6.71 Å². The molecule has 9 aromatic carbocycles. The molecule has 2 heterocycles. The first-order chi connectivity index (χ1) is 38.8. The lowest BCUT2D eigenvalue weighted by Crippen LogP contribution is -2.61. The molecule has 0 fully saturated rings. The smallest absolute Gasteiger partial charge is 0.252 e. The number of para-hydroxylation sites is 2. The van der Waals surface area contributed by atoms with Gasteiger partial charge in [-0.05, 0) is 197 Å². The third kappa shape index (κ3) is 8.76. The molecule has 0 saturated carbocycles. The molecule has 4 heteroatoms. The highest BCUT2D eigenvalue weighted by Gasteiger charge is 2.49. The summed E-state index contributed by atoms with van der Waals surface area (Å²) in [5.74, 6) is 0. The van der Waals surface area contributed by atoms with Crippen molar-refractivity contribution in [1.29, 1.82) is 0 Å². The fourth-order valence-electron chi connectivity index (χ4n) is 15.0. The molecule has 0 saturated heterocycles. The Morgan fingerprint density at radius 3 is 1.50 bits per heavy atom. The molecule has 0 spiro atoms. The van der Waals surface area contributed by atoms with E-state index in [0.29, 0.717) is 0 Å². The molecular weight excluding hydrogens is 990 g/mol. The molecule has 0 unspecified atom stereocenters. The van der Waals surface area contributed by atoms with Gasteiger partial charge in [0.15, 0.2) is 0 Å². The number of hydrogen-bond acceptors (Lipinski definition) is 3. The van der Waals surface area contributed by atoms with Gasteiger partial charge >= 0.3 is 0 Å². The molecule has 0 atom stereocenters. The molecule has 0 bridgehead atoms. The quantitative estimate of drug-likeness (QED) is 0.147. The first-order valence-electron chi connectivity index (χ1n) is 30.3. The van der Waals surface area contributed by atoms with Crippen LogP contribution in [0.25, 0.3) is 22.3 Å². The number of fused-ring (bicyclic) bond motifs is 6. The maximum atomic E-state index is 2.74. The van der Waals surface area contributed by atoms with Crippen molar-refractivity contribution >= 4 is 74.3 Å². The number of aryl methyl sites for hydroxylation is 1. The molecule has 0 N–H and O–H groups in total. The Labute approximate surface area is 491 Å². The number of anilines is 9. The zero-order valence-corrected chi connectivity index (χ0v) is 51.4. The molecular formula is C78H82BN3. The predicted octanol–water partition coefficient (Wildman–Crippen LogP) is 19.8. The normalized spacial score (nSPS) is 16.9. The van der Waals surface area contributed by atoms with Gasteiger partial charge in [0, 0.05) is 45.4 Å². The molecule has 2 aliphatic carbocycles. The van der Waals surface area contributed by atoms with Crippen LogP contribution in [0.3, 0.4) is 0 Å². The van der Waals surface area contributed by atoms with Crippen LogP contribution in [-0.2, 0) is 32.5 Å². The van der Waals surface area contributed by atoms with Crippen molar-refractivity contribution in [2.75, 3.05) is 14.7 Å². The third-order valence-electron chi connectivity index (χ3n) is 19.5. The van der Waals surface area contributed by atoms with Crippen LogP contribution in [0.2, 0.25) is 0 Å². The Bertz CT molecular complexity index is 3960. The van der Waals surface area contributed by atoms with Crippen LogP contribution in [0.5, 0.6) is 0 Å². The monoisotopic (exact) mass is 1070 g/mol. The average molecular weight is 1070 g/mol. The number of nitrogens with zero attached hydrogens (tertiary/aromatic N) is 3. The fourth-order valence-corrected chi connectivity index (χ4v) is 15.0. The van der Waals surface area contributed by atoms with E-state index in [2.05, 4.69) is 307 Å². The Morgan fingerprint density at radius 1 is 0.378 bits per heavy atom.